The van der Waals surface area contributed by atoms with Crippen molar-refractivity contribution in [2.24, 2.45) is 0 Å². The van der Waals surface area contributed by atoms with Gasteiger partial charge in [-0.05, 0) is 57.0 Å². The molecule has 5 rings (SSSR count). The van der Waals surface area contributed by atoms with Gasteiger partial charge in [-0.15, -0.1) is 0 Å². The van der Waals surface area contributed by atoms with E-state index in [1.165, 1.54) is 12.1 Å². The van der Waals surface area contributed by atoms with Gasteiger partial charge >= 0.3 is 0 Å². The molecule has 1 aliphatic heterocycles. The van der Waals surface area contributed by atoms with Crippen LogP contribution in [0.4, 0.5) is 4.39 Å². The summed E-state index contributed by atoms with van der Waals surface area (Å²) in [5.74, 6) is 1.00. The zero-order chi connectivity index (χ0) is 26.5. The lowest BCUT2D eigenvalue weighted by molar-refractivity contribution is 0.0308. The summed E-state index contributed by atoms with van der Waals surface area (Å²) >= 11 is 0. The van der Waals surface area contributed by atoms with Gasteiger partial charge < -0.3 is 9.80 Å². The lowest BCUT2D eigenvalue weighted by Gasteiger charge is -2.47. The van der Waals surface area contributed by atoms with E-state index in [1.54, 1.807) is 22.8 Å². The van der Waals surface area contributed by atoms with Crippen LogP contribution in [0.3, 0.4) is 0 Å². The van der Waals surface area contributed by atoms with E-state index in [-0.39, 0.29) is 17.6 Å². The maximum atomic E-state index is 13.7. The van der Waals surface area contributed by atoms with Gasteiger partial charge in [0.15, 0.2) is 11.5 Å². The third-order valence-corrected chi connectivity index (χ3v) is 6.82. The van der Waals surface area contributed by atoms with Crippen LogP contribution in [0.1, 0.15) is 61.3 Å². The second kappa shape index (κ2) is 9.10. The quantitative estimate of drug-likeness (QED) is 0.437. The summed E-state index contributed by atoms with van der Waals surface area (Å²) in [5, 5.41) is 11.8. The Morgan fingerprint density at radius 1 is 1.16 bits per heavy atom. The highest BCUT2D eigenvalue weighted by Crippen LogP contribution is 2.29. The minimum Gasteiger partial charge on any atom is -0.365 e. The fourth-order valence-corrected chi connectivity index (χ4v) is 4.80. The van der Waals surface area contributed by atoms with Gasteiger partial charge in [-0.3, -0.25) is 9.89 Å². The molecule has 0 aliphatic carbocycles. The fraction of sp³-hybridized carbons (Fsp3) is 0.370. The predicted octanol–water partition coefficient (Wildman–Crippen LogP) is 4.29. The summed E-state index contributed by atoms with van der Waals surface area (Å²) in [4.78, 5) is 26.8. The number of halogens is 1. The summed E-state index contributed by atoms with van der Waals surface area (Å²) in [6, 6.07) is 8.20. The number of rotatable bonds is 5. The zero-order valence-corrected chi connectivity index (χ0v) is 21.8. The van der Waals surface area contributed by atoms with E-state index in [0.717, 1.165) is 22.6 Å². The van der Waals surface area contributed by atoms with Crippen molar-refractivity contribution < 1.29 is 9.18 Å². The largest absolute Gasteiger partial charge is 0.365 e. The van der Waals surface area contributed by atoms with Crippen LogP contribution in [0, 0.1) is 12.7 Å². The lowest BCUT2D eigenvalue weighted by Crippen LogP contribution is -2.60. The van der Waals surface area contributed by atoms with Crippen molar-refractivity contribution in [1.29, 1.82) is 0 Å². The maximum Gasteiger partial charge on any atom is 0.274 e. The Labute approximate surface area is 215 Å². The first-order valence-corrected chi connectivity index (χ1v) is 12.3. The third-order valence-electron chi connectivity index (χ3n) is 6.82. The topological polar surface area (TPSA) is 95.3 Å². The Morgan fingerprint density at radius 2 is 1.89 bits per heavy atom. The number of imidazole rings is 1. The number of amides is 1. The number of aromatic nitrogens is 6. The van der Waals surface area contributed by atoms with Crippen LogP contribution in [0.2, 0.25) is 0 Å². The predicted molar refractivity (Wildman–Crippen MR) is 139 cm³/mol. The molecular formula is C27H31FN8O. The summed E-state index contributed by atoms with van der Waals surface area (Å²) in [7, 11) is 0. The highest BCUT2D eigenvalue weighted by atomic mass is 19.1. The molecular weight excluding hydrogens is 471 g/mol. The molecule has 9 nitrogen and oxygen atoms in total. The van der Waals surface area contributed by atoms with Crippen molar-refractivity contribution >= 4 is 17.3 Å². The molecule has 10 heteroatoms. The normalized spacial score (nSPS) is 15.5. The smallest absolute Gasteiger partial charge is 0.274 e. The molecule has 1 amide bonds. The number of hydrogen-bond acceptors (Lipinski definition) is 6. The Balaban J connectivity index is 1.43. The lowest BCUT2D eigenvalue weighted by atomic mass is 9.97. The molecule has 192 valence electrons. The molecule has 1 saturated heterocycles. The number of fused-ring (bicyclic) bond motifs is 1. The van der Waals surface area contributed by atoms with Crippen molar-refractivity contribution in [3.63, 3.8) is 0 Å². The van der Waals surface area contributed by atoms with Crippen molar-refractivity contribution in [1.82, 2.24) is 39.6 Å². The SMILES string of the molecule is C=C(c1n[nH]c(C)n1)N1CCN(C(=O)c2cn3nc(-c4ccc(F)cc4)cc(C(C)C)c3n2)C(C)(C)C1. The zero-order valence-electron chi connectivity index (χ0n) is 21.8. The third kappa shape index (κ3) is 4.59. The van der Waals surface area contributed by atoms with Gasteiger partial charge in [0, 0.05) is 30.8 Å². The minimum absolute atomic E-state index is 0.146. The molecule has 3 aromatic heterocycles. The molecule has 0 radical (unpaired) electrons. The number of carbonyl (C=O) groups is 1. The summed E-state index contributed by atoms with van der Waals surface area (Å²) < 4.78 is 15.1. The maximum absolute atomic E-state index is 13.7. The summed E-state index contributed by atoms with van der Waals surface area (Å²) in [6.45, 7) is 16.0. The monoisotopic (exact) mass is 502 g/mol. The van der Waals surface area contributed by atoms with E-state index in [0.29, 0.717) is 42.5 Å². The number of benzene rings is 1. The molecule has 4 aromatic rings. The van der Waals surface area contributed by atoms with E-state index < -0.39 is 5.54 Å². The van der Waals surface area contributed by atoms with Gasteiger partial charge in [-0.2, -0.15) is 10.2 Å². The Morgan fingerprint density at radius 3 is 2.51 bits per heavy atom. The molecule has 0 spiro atoms. The highest BCUT2D eigenvalue weighted by molar-refractivity contribution is 5.93. The highest BCUT2D eigenvalue weighted by Gasteiger charge is 2.39. The van der Waals surface area contributed by atoms with Crippen LogP contribution in [-0.4, -0.2) is 70.7 Å². The van der Waals surface area contributed by atoms with Crippen molar-refractivity contribution in [2.45, 2.75) is 46.1 Å². The first kappa shape index (κ1) is 24.6. The Kier molecular flexibility index (Phi) is 6.05. The van der Waals surface area contributed by atoms with Crippen LogP contribution in [0.5, 0.6) is 0 Å². The second-order valence-corrected chi connectivity index (χ2v) is 10.4. The van der Waals surface area contributed by atoms with Gasteiger partial charge in [0.05, 0.1) is 23.1 Å². The van der Waals surface area contributed by atoms with Gasteiger partial charge in [0.1, 0.15) is 17.3 Å². The summed E-state index contributed by atoms with van der Waals surface area (Å²) in [5.41, 5.74) is 3.71. The summed E-state index contributed by atoms with van der Waals surface area (Å²) in [6.07, 6.45) is 1.69. The molecule has 0 saturated carbocycles. The molecule has 1 aromatic carbocycles. The Hall–Kier alpha value is -4.08. The molecule has 1 aliphatic rings. The van der Waals surface area contributed by atoms with E-state index in [2.05, 4.69) is 40.5 Å². The fourth-order valence-electron chi connectivity index (χ4n) is 4.80. The number of nitrogens with zero attached hydrogens (tertiary/aromatic N) is 7. The molecule has 4 heterocycles. The number of H-pyrrole nitrogens is 1. The van der Waals surface area contributed by atoms with Crippen LogP contribution in [-0.2, 0) is 0 Å². The average molecular weight is 503 g/mol. The number of aromatic amines is 1. The van der Waals surface area contributed by atoms with Crippen molar-refractivity contribution in [3.8, 4) is 11.3 Å². The number of nitrogens with one attached hydrogen (secondary N) is 1. The van der Waals surface area contributed by atoms with E-state index in [4.69, 9.17) is 10.1 Å². The molecule has 37 heavy (non-hydrogen) atoms. The number of aryl methyl sites for hydroxylation is 1. The van der Waals surface area contributed by atoms with Crippen molar-refractivity contribution in [2.75, 3.05) is 19.6 Å². The van der Waals surface area contributed by atoms with Crippen molar-refractivity contribution in [3.05, 3.63) is 71.8 Å². The molecule has 1 N–H and O–H groups in total. The van der Waals surface area contributed by atoms with Gasteiger partial charge in [-0.25, -0.2) is 18.9 Å². The van der Waals surface area contributed by atoms with Crippen LogP contribution in [0.15, 0.2) is 43.1 Å². The second-order valence-electron chi connectivity index (χ2n) is 10.4. The Bertz CT molecular complexity index is 1480. The number of carbonyl (C=O) groups excluding carboxylic acids is 1. The molecule has 0 bridgehead atoms. The number of piperazine rings is 1. The number of hydrogen-bond donors (Lipinski definition) is 1. The van der Waals surface area contributed by atoms with E-state index >= 15 is 0 Å². The van der Waals surface area contributed by atoms with Gasteiger partial charge in [0.2, 0.25) is 0 Å². The molecule has 0 atom stereocenters. The molecule has 0 unspecified atom stereocenters. The molecule has 1 fully saturated rings. The van der Waals surface area contributed by atoms with Gasteiger partial charge in [0.25, 0.3) is 5.91 Å². The standard InChI is InChI=1S/C27H31FN8O/c1-16(2)21-13-22(19-7-9-20(28)10-8-19)33-36-14-23(30-25(21)36)26(37)35-12-11-34(15-27(35,5)6)17(3)24-29-18(4)31-32-24/h7-10,13-14,16H,3,11-12,15H2,1-2,4-6H3,(H,29,31,32). The van der Waals surface area contributed by atoms with Crippen LogP contribution >= 0.6 is 0 Å². The van der Waals surface area contributed by atoms with E-state index in [9.17, 15) is 9.18 Å². The first-order valence-electron chi connectivity index (χ1n) is 12.3. The average Bonchev–Trinajstić information content (AvgIpc) is 3.48. The van der Waals surface area contributed by atoms with Crippen LogP contribution in [0.25, 0.3) is 22.6 Å². The van der Waals surface area contributed by atoms with E-state index in [1.807, 2.05) is 31.7 Å². The van der Waals surface area contributed by atoms with Crippen LogP contribution < -0.4 is 0 Å². The minimum atomic E-state index is -0.479. The first-order chi connectivity index (χ1) is 17.5. The van der Waals surface area contributed by atoms with Gasteiger partial charge in [-0.1, -0.05) is 20.4 Å².